The Labute approximate surface area is 187 Å². The number of methoxy groups -OCH3 is 1. The summed E-state index contributed by atoms with van der Waals surface area (Å²) < 4.78 is 18.7. The van der Waals surface area contributed by atoms with E-state index in [1.807, 2.05) is 48.7 Å². The number of carbonyl (C=O) groups is 1. The van der Waals surface area contributed by atoms with Crippen LogP contribution in [-0.2, 0) is 22.5 Å². The van der Waals surface area contributed by atoms with E-state index < -0.39 is 0 Å². The fourth-order valence-electron chi connectivity index (χ4n) is 4.36. The maximum atomic E-state index is 13.0. The highest BCUT2D eigenvalue weighted by Gasteiger charge is 2.26. The smallest absolute Gasteiger partial charge is 0.200 e. The van der Waals surface area contributed by atoms with Gasteiger partial charge >= 0.3 is 0 Å². The molecule has 2 atom stereocenters. The Hall–Kier alpha value is -3.16. The van der Waals surface area contributed by atoms with E-state index in [1.54, 1.807) is 11.8 Å². The van der Waals surface area contributed by atoms with Crippen LogP contribution in [0, 0.1) is 0 Å². The Kier molecular flexibility index (Phi) is 5.92. The Balaban J connectivity index is 1.32. The molecular formula is C25H27N3O4. The summed E-state index contributed by atoms with van der Waals surface area (Å²) in [6.07, 6.45) is 4.39. The van der Waals surface area contributed by atoms with Gasteiger partial charge in [0.2, 0.25) is 0 Å². The predicted molar refractivity (Wildman–Crippen MR) is 120 cm³/mol. The minimum Gasteiger partial charge on any atom is -0.493 e. The number of hydrogen-bond acceptors (Lipinski definition) is 6. The molecule has 0 bridgehead atoms. The summed E-state index contributed by atoms with van der Waals surface area (Å²) in [6, 6.07) is 15.5. The molecular weight excluding hydrogens is 406 g/mol. The van der Waals surface area contributed by atoms with Crippen LogP contribution >= 0.6 is 0 Å². The second-order valence-corrected chi connectivity index (χ2v) is 8.13. The van der Waals surface area contributed by atoms with Crippen LogP contribution in [-0.4, -0.2) is 42.1 Å². The Morgan fingerprint density at radius 3 is 2.97 bits per heavy atom. The number of fused-ring (bicyclic) bond motifs is 1. The van der Waals surface area contributed by atoms with Gasteiger partial charge in [0.25, 0.3) is 0 Å². The molecule has 2 aliphatic rings. The number of rotatable bonds is 7. The van der Waals surface area contributed by atoms with E-state index in [9.17, 15) is 4.79 Å². The second kappa shape index (κ2) is 9.14. The molecule has 5 rings (SSSR count). The maximum absolute atomic E-state index is 13.0. The van der Waals surface area contributed by atoms with Crippen LogP contribution in [0.15, 0.2) is 54.7 Å². The molecule has 0 radical (unpaired) electrons. The third-order valence-electron chi connectivity index (χ3n) is 6.00. The molecule has 1 saturated heterocycles. The zero-order valence-electron chi connectivity index (χ0n) is 18.1. The third-order valence-corrected chi connectivity index (χ3v) is 6.00. The molecule has 166 valence electrons. The maximum Gasteiger partial charge on any atom is 0.200 e. The standard InChI is InChI=1S/C25H27N3O4/c1-30-22-9-8-18(15-23(22)32-24-7-4-14-31-24)20-11-13-28(27-20)16-21(29)25-19-6-3-2-5-17(19)10-12-26-25/h2-3,5-6,8-9,11,13,15,24-26H,4,7,10,12,14,16H2,1H3. The van der Waals surface area contributed by atoms with Crippen molar-refractivity contribution in [2.75, 3.05) is 20.3 Å². The topological polar surface area (TPSA) is 74.6 Å². The number of carbonyl (C=O) groups excluding carboxylic acids is 1. The van der Waals surface area contributed by atoms with Crippen LogP contribution in [0.5, 0.6) is 11.5 Å². The van der Waals surface area contributed by atoms with Crippen molar-refractivity contribution in [3.8, 4) is 22.8 Å². The number of hydrogen-bond donors (Lipinski definition) is 1. The molecule has 0 saturated carbocycles. The van der Waals surface area contributed by atoms with E-state index >= 15 is 0 Å². The molecule has 3 heterocycles. The highest BCUT2D eigenvalue weighted by atomic mass is 16.7. The first-order chi connectivity index (χ1) is 15.7. The fraction of sp³-hybridized carbons (Fsp3) is 0.360. The van der Waals surface area contributed by atoms with Gasteiger partial charge in [-0.25, -0.2) is 0 Å². The van der Waals surface area contributed by atoms with Crippen molar-refractivity contribution in [3.63, 3.8) is 0 Å². The molecule has 1 aromatic heterocycles. The molecule has 3 aromatic rings. The van der Waals surface area contributed by atoms with E-state index in [-0.39, 0.29) is 24.7 Å². The van der Waals surface area contributed by atoms with E-state index in [2.05, 4.69) is 16.5 Å². The quantitative estimate of drug-likeness (QED) is 0.615. The van der Waals surface area contributed by atoms with Crippen molar-refractivity contribution in [3.05, 3.63) is 65.9 Å². The van der Waals surface area contributed by atoms with Crippen molar-refractivity contribution in [1.82, 2.24) is 15.1 Å². The first-order valence-electron chi connectivity index (χ1n) is 11.1. The molecule has 7 nitrogen and oxygen atoms in total. The van der Waals surface area contributed by atoms with Gasteiger partial charge in [-0.3, -0.25) is 9.48 Å². The fourth-order valence-corrected chi connectivity index (χ4v) is 4.36. The number of nitrogens with one attached hydrogen (secondary N) is 1. The lowest BCUT2D eigenvalue weighted by Crippen LogP contribution is -2.36. The van der Waals surface area contributed by atoms with Gasteiger partial charge in [-0.2, -0.15) is 5.10 Å². The van der Waals surface area contributed by atoms with Crippen LogP contribution in [0.4, 0.5) is 0 Å². The summed E-state index contributed by atoms with van der Waals surface area (Å²) in [4.78, 5) is 13.0. The molecule has 1 N–H and O–H groups in total. The SMILES string of the molecule is COc1ccc(-c2ccn(CC(=O)C3NCCc4ccccc43)n2)cc1OC1CCCO1. The first kappa shape index (κ1) is 20.7. The van der Waals surface area contributed by atoms with Gasteiger partial charge in [-0.05, 0) is 48.2 Å². The summed E-state index contributed by atoms with van der Waals surface area (Å²) in [5.74, 6) is 1.38. The Morgan fingerprint density at radius 1 is 1.22 bits per heavy atom. The summed E-state index contributed by atoms with van der Waals surface area (Å²) in [5.41, 5.74) is 3.98. The van der Waals surface area contributed by atoms with E-state index in [0.717, 1.165) is 42.6 Å². The number of Topliss-reactive ketones (excluding diaryl/α,β-unsaturated/α-hetero) is 1. The highest BCUT2D eigenvalue weighted by molar-refractivity contribution is 5.85. The van der Waals surface area contributed by atoms with Crippen molar-refractivity contribution in [2.24, 2.45) is 0 Å². The van der Waals surface area contributed by atoms with Gasteiger partial charge in [0, 0.05) is 24.7 Å². The number of benzene rings is 2. The number of aromatic nitrogens is 2. The Bertz CT molecular complexity index is 1100. The van der Waals surface area contributed by atoms with E-state index in [1.165, 1.54) is 5.56 Å². The molecule has 0 amide bonds. The molecule has 2 unspecified atom stereocenters. The van der Waals surface area contributed by atoms with E-state index in [0.29, 0.717) is 18.1 Å². The summed E-state index contributed by atoms with van der Waals surface area (Å²) >= 11 is 0. The van der Waals surface area contributed by atoms with Crippen LogP contribution in [0.25, 0.3) is 11.3 Å². The highest BCUT2D eigenvalue weighted by Crippen LogP contribution is 2.34. The van der Waals surface area contributed by atoms with Gasteiger partial charge in [-0.15, -0.1) is 0 Å². The average molecular weight is 434 g/mol. The van der Waals surface area contributed by atoms with Crippen molar-refractivity contribution in [1.29, 1.82) is 0 Å². The van der Waals surface area contributed by atoms with Crippen molar-refractivity contribution < 1.29 is 19.0 Å². The summed E-state index contributed by atoms with van der Waals surface area (Å²) in [7, 11) is 1.62. The van der Waals surface area contributed by atoms with Crippen LogP contribution < -0.4 is 14.8 Å². The number of ether oxygens (including phenoxy) is 3. The normalized spacial score (nSPS) is 20.0. The lowest BCUT2D eigenvalue weighted by atomic mass is 9.92. The van der Waals surface area contributed by atoms with Crippen LogP contribution in [0.3, 0.4) is 0 Å². The number of nitrogens with zero attached hydrogens (tertiary/aromatic N) is 2. The minimum atomic E-state index is -0.292. The van der Waals surface area contributed by atoms with Crippen molar-refractivity contribution >= 4 is 5.78 Å². The molecule has 2 aliphatic heterocycles. The molecule has 1 fully saturated rings. The molecule has 2 aromatic carbocycles. The van der Waals surface area contributed by atoms with Crippen LogP contribution in [0.1, 0.15) is 30.0 Å². The average Bonchev–Trinajstić information content (AvgIpc) is 3.51. The van der Waals surface area contributed by atoms with Gasteiger partial charge in [0.05, 0.1) is 25.5 Å². The largest absolute Gasteiger partial charge is 0.493 e. The van der Waals surface area contributed by atoms with Gasteiger partial charge in [0.15, 0.2) is 23.6 Å². The van der Waals surface area contributed by atoms with Gasteiger partial charge < -0.3 is 19.5 Å². The van der Waals surface area contributed by atoms with Crippen molar-refractivity contribution in [2.45, 2.75) is 38.1 Å². The molecule has 7 heteroatoms. The molecule has 32 heavy (non-hydrogen) atoms. The molecule has 0 spiro atoms. The zero-order chi connectivity index (χ0) is 21.9. The third kappa shape index (κ3) is 4.26. The van der Waals surface area contributed by atoms with Gasteiger partial charge in [0.1, 0.15) is 6.54 Å². The lowest BCUT2D eigenvalue weighted by molar-refractivity contribution is -0.122. The first-order valence-corrected chi connectivity index (χ1v) is 11.1. The van der Waals surface area contributed by atoms with E-state index in [4.69, 9.17) is 14.2 Å². The Morgan fingerprint density at radius 2 is 2.12 bits per heavy atom. The lowest BCUT2D eigenvalue weighted by Gasteiger charge is -2.25. The summed E-state index contributed by atoms with van der Waals surface area (Å²) in [5, 5.41) is 8.00. The minimum absolute atomic E-state index is 0.101. The summed E-state index contributed by atoms with van der Waals surface area (Å²) in [6.45, 7) is 1.73. The zero-order valence-corrected chi connectivity index (χ0v) is 18.1. The predicted octanol–water partition coefficient (Wildman–Crippen LogP) is 3.53. The monoisotopic (exact) mass is 433 g/mol. The second-order valence-electron chi connectivity index (χ2n) is 8.13. The molecule has 0 aliphatic carbocycles. The van der Waals surface area contributed by atoms with Crippen LogP contribution in [0.2, 0.25) is 0 Å². The number of ketones is 1. The van der Waals surface area contributed by atoms with Gasteiger partial charge in [-0.1, -0.05) is 24.3 Å².